The van der Waals surface area contributed by atoms with Crippen LogP contribution in [0.2, 0.25) is 0 Å². The maximum Gasteiger partial charge on any atom is 0.270 e. The molecule has 1 aromatic heterocycles. The highest BCUT2D eigenvalue weighted by Gasteiger charge is 2.35. The Bertz CT molecular complexity index is 1490. The number of nitrogens with one attached hydrogen (secondary N) is 1. The van der Waals surface area contributed by atoms with Crippen molar-refractivity contribution in [2.24, 2.45) is 5.14 Å². The van der Waals surface area contributed by atoms with Crippen LogP contribution >= 0.6 is 12.2 Å². The highest BCUT2D eigenvalue weighted by molar-refractivity contribution is 7.89. The zero-order valence-electron chi connectivity index (χ0n) is 18.7. The molecule has 0 unspecified atom stereocenters. The molecule has 0 aliphatic carbocycles. The van der Waals surface area contributed by atoms with Gasteiger partial charge in [0.15, 0.2) is 5.11 Å². The Morgan fingerprint density at radius 2 is 1.65 bits per heavy atom. The number of para-hydroxylation sites is 1. The molecule has 2 heterocycles. The third-order valence-electron chi connectivity index (χ3n) is 5.65. The Kier molecular flexibility index (Phi) is 5.98. The molecule has 1 aliphatic rings. The van der Waals surface area contributed by atoms with Crippen LogP contribution in [0.15, 0.2) is 65.1 Å². The number of carbonyl (C=O) groups excluding carboxylic acids is 2. The van der Waals surface area contributed by atoms with Crippen molar-refractivity contribution in [1.82, 2.24) is 9.88 Å². The molecule has 0 radical (unpaired) electrons. The van der Waals surface area contributed by atoms with Crippen molar-refractivity contribution >= 4 is 50.9 Å². The fourth-order valence-electron chi connectivity index (χ4n) is 3.96. The van der Waals surface area contributed by atoms with Crippen LogP contribution in [0.25, 0.3) is 11.8 Å². The number of rotatable bonds is 4. The fourth-order valence-corrected chi connectivity index (χ4v) is 4.75. The van der Waals surface area contributed by atoms with E-state index in [0.29, 0.717) is 16.9 Å². The van der Waals surface area contributed by atoms with Crippen LogP contribution in [0.5, 0.6) is 0 Å². The molecule has 10 heteroatoms. The number of aryl methyl sites for hydroxylation is 2. The van der Waals surface area contributed by atoms with Crippen molar-refractivity contribution in [1.29, 1.82) is 0 Å². The Labute approximate surface area is 202 Å². The molecule has 174 valence electrons. The van der Waals surface area contributed by atoms with E-state index in [1.54, 1.807) is 30.3 Å². The summed E-state index contributed by atoms with van der Waals surface area (Å²) in [6.07, 6.45) is 1.54. The van der Waals surface area contributed by atoms with Crippen molar-refractivity contribution < 1.29 is 18.0 Å². The highest BCUT2D eigenvalue weighted by Crippen LogP contribution is 2.27. The summed E-state index contributed by atoms with van der Waals surface area (Å²) in [5.74, 6) is -1.08. The van der Waals surface area contributed by atoms with Crippen LogP contribution in [0, 0.1) is 20.8 Å². The van der Waals surface area contributed by atoms with Gasteiger partial charge in [-0.15, -0.1) is 0 Å². The monoisotopic (exact) mass is 494 g/mol. The van der Waals surface area contributed by atoms with E-state index in [1.165, 1.54) is 17.0 Å². The minimum absolute atomic E-state index is 0.0118. The van der Waals surface area contributed by atoms with E-state index < -0.39 is 21.8 Å². The van der Waals surface area contributed by atoms with Crippen LogP contribution in [0.3, 0.4) is 0 Å². The van der Waals surface area contributed by atoms with E-state index in [1.807, 2.05) is 43.5 Å². The number of anilines is 1. The van der Waals surface area contributed by atoms with E-state index in [2.05, 4.69) is 5.32 Å². The molecule has 0 saturated carbocycles. The van der Waals surface area contributed by atoms with E-state index in [-0.39, 0.29) is 15.6 Å². The summed E-state index contributed by atoms with van der Waals surface area (Å²) in [6.45, 7) is 5.59. The number of nitrogens with two attached hydrogens (primary N) is 1. The maximum atomic E-state index is 13.3. The third-order valence-corrected chi connectivity index (χ3v) is 6.87. The molecule has 1 aliphatic heterocycles. The highest BCUT2D eigenvalue weighted by atomic mass is 32.2. The number of nitrogens with zero attached hydrogens (tertiary/aromatic N) is 2. The Balaban J connectivity index is 1.75. The van der Waals surface area contributed by atoms with E-state index >= 15 is 0 Å². The lowest BCUT2D eigenvalue weighted by Gasteiger charge is -2.30. The van der Waals surface area contributed by atoms with Gasteiger partial charge in [-0.1, -0.05) is 18.2 Å². The molecule has 8 nitrogen and oxygen atoms in total. The van der Waals surface area contributed by atoms with Gasteiger partial charge in [0.25, 0.3) is 11.8 Å². The van der Waals surface area contributed by atoms with Gasteiger partial charge in [-0.25, -0.2) is 13.6 Å². The van der Waals surface area contributed by atoms with Gasteiger partial charge in [0.05, 0.1) is 10.6 Å². The Hall–Kier alpha value is -3.60. The van der Waals surface area contributed by atoms with Gasteiger partial charge >= 0.3 is 0 Å². The molecule has 3 aromatic rings. The zero-order chi connectivity index (χ0) is 24.8. The largest absolute Gasteiger partial charge is 0.318 e. The van der Waals surface area contributed by atoms with Crippen LogP contribution in [-0.2, 0) is 19.6 Å². The van der Waals surface area contributed by atoms with Crippen LogP contribution in [-0.4, -0.2) is 29.9 Å². The van der Waals surface area contributed by atoms with Gasteiger partial charge < -0.3 is 4.57 Å². The summed E-state index contributed by atoms with van der Waals surface area (Å²) in [7, 11) is -3.80. The van der Waals surface area contributed by atoms with Crippen molar-refractivity contribution in [2.45, 2.75) is 25.7 Å². The number of primary sulfonamides is 1. The first-order chi connectivity index (χ1) is 16.0. The van der Waals surface area contributed by atoms with Crippen LogP contribution in [0.1, 0.15) is 22.5 Å². The van der Waals surface area contributed by atoms with Gasteiger partial charge in [-0.2, -0.15) is 0 Å². The van der Waals surface area contributed by atoms with Crippen molar-refractivity contribution in [3.63, 3.8) is 0 Å². The molecule has 2 amide bonds. The third kappa shape index (κ3) is 4.18. The molecule has 0 atom stereocenters. The molecule has 3 N–H and O–H groups in total. The summed E-state index contributed by atoms with van der Waals surface area (Å²) in [6, 6.07) is 15.3. The molecule has 0 spiro atoms. The number of benzene rings is 2. The summed E-state index contributed by atoms with van der Waals surface area (Å²) < 4.78 is 25.0. The van der Waals surface area contributed by atoms with Gasteiger partial charge in [0.2, 0.25) is 10.0 Å². The topological polar surface area (TPSA) is 114 Å². The number of hydrogen-bond acceptors (Lipinski definition) is 5. The van der Waals surface area contributed by atoms with Crippen LogP contribution < -0.4 is 15.4 Å². The maximum absolute atomic E-state index is 13.3. The van der Waals surface area contributed by atoms with E-state index in [0.717, 1.165) is 17.0 Å². The first kappa shape index (κ1) is 23.6. The first-order valence-electron chi connectivity index (χ1n) is 10.3. The SMILES string of the molecule is Cc1ccccc1N1C(=O)/C(=C/c2cc(C)n(-c3ccc(S(N)(=O)=O)cc3)c2C)C(=O)NC1=S. The summed E-state index contributed by atoms with van der Waals surface area (Å²) in [5.41, 5.74) is 4.39. The first-order valence-corrected chi connectivity index (χ1v) is 12.2. The minimum Gasteiger partial charge on any atom is -0.318 e. The fraction of sp³-hybridized carbons (Fsp3) is 0.125. The number of amides is 2. The zero-order valence-corrected chi connectivity index (χ0v) is 20.3. The molecule has 0 bridgehead atoms. The number of sulfonamides is 1. The minimum atomic E-state index is -3.80. The van der Waals surface area contributed by atoms with E-state index in [4.69, 9.17) is 17.4 Å². The average molecular weight is 495 g/mol. The molecular weight excluding hydrogens is 472 g/mol. The van der Waals surface area contributed by atoms with Crippen molar-refractivity contribution in [2.75, 3.05) is 4.90 Å². The summed E-state index contributed by atoms with van der Waals surface area (Å²) in [5, 5.41) is 7.82. The second kappa shape index (κ2) is 8.64. The molecule has 2 aromatic carbocycles. The normalized spacial score (nSPS) is 15.7. The lowest BCUT2D eigenvalue weighted by molar-refractivity contribution is -0.122. The number of aromatic nitrogens is 1. The van der Waals surface area contributed by atoms with Gasteiger partial charge in [0.1, 0.15) is 5.57 Å². The predicted octanol–water partition coefficient (Wildman–Crippen LogP) is 2.88. The second-order valence-corrected chi connectivity index (χ2v) is 9.89. The lowest BCUT2D eigenvalue weighted by Crippen LogP contribution is -2.54. The quantitative estimate of drug-likeness (QED) is 0.329. The molecular formula is C24H22N4O4S2. The average Bonchev–Trinajstić information content (AvgIpc) is 3.04. The number of thiocarbonyl (C=S) groups is 1. The van der Waals surface area contributed by atoms with Gasteiger partial charge in [-0.05, 0) is 86.6 Å². The lowest BCUT2D eigenvalue weighted by atomic mass is 10.1. The predicted molar refractivity (Wildman–Crippen MR) is 134 cm³/mol. The molecule has 34 heavy (non-hydrogen) atoms. The second-order valence-electron chi connectivity index (χ2n) is 7.95. The van der Waals surface area contributed by atoms with Gasteiger partial charge in [0, 0.05) is 17.1 Å². The number of hydrogen-bond donors (Lipinski definition) is 2. The molecule has 1 saturated heterocycles. The summed E-state index contributed by atoms with van der Waals surface area (Å²) >= 11 is 5.28. The Morgan fingerprint density at radius 3 is 2.26 bits per heavy atom. The Morgan fingerprint density at radius 1 is 1.00 bits per heavy atom. The number of carbonyl (C=O) groups is 2. The van der Waals surface area contributed by atoms with Gasteiger partial charge in [-0.3, -0.25) is 19.8 Å². The molecule has 1 fully saturated rings. The smallest absolute Gasteiger partial charge is 0.270 e. The van der Waals surface area contributed by atoms with Crippen LogP contribution in [0.4, 0.5) is 5.69 Å². The summed E-state index contributed by atoms with van der Waals surface area (Å²) in [4.78, 5) is 27.4. The van der Waals surface area contributed by atoms with E-state index in [9.17, 15) is 18.0 Å². The standard InChI is InChI=1S/C24H22N4O4S2/c1-14-6-4-5-7-21(14)28-23(30)20(22(29)26-24(28)33)13-17-12-15(2)27(16(17)3)18-8-10-19(11-9-18)34(25,31)32/h4-13H,1-3H3,(H2,25,31,32)(H,26,29,33)/b20-13+. The molecule has 4 rings (SSSR count). The van der Waals surface area contributed by atoms with Crippen molar-refractivity contribution in [3.8, 4) is 5.69 Å². The van der Waals surface area contributed by atoms with Crippen molar-refractivity contribution in [3.05, 3.63) is 82.7 Å².